The molecule has 1 atom stereocenters. The first-order chi connectivity index (χ1) is 17.5. The zero-order valence-electron chi connectivity index (χ0n) is 22.2. The molecule has 36 heavy (non-hydrogen) atoms. The van der Waals surface area contributed by atoms with Crippen LogP contribution in [0.25, 0.3) is 38.0 Å². The molecule has 0 saturated heterocycles. The lowest BCUT2D eigenvalue weighted by atomic mass is 9.80. The van der Waals surface area contributed by atoms with Crippen LogP contribution in [-0.4, -0.2) is 22.7 Å². The fraction of sp³-hybridized carbons (Fsp3) is 0.433. The van der Waals surface area contributed by atoms with Gasteiger partial charge in [-0.3, -0.25) is 9.98 Å². The molecule has 1 aliphatic carbocycles. The number of aliphatic imine (C=N–C) groups is 1. The second kappa shape index (κ2) is 11.8. The average Bonchev–Trinajstić information content (AvgIpc) is 3.56. The van der Waals surface area contributed by atoms with Crippen LogP contribution in [0.1, 0.15) is 71.8 Å². The molecule has 190 valence electrons. The van der Waals surface area contributed by atoms with Crippen LogP contribution >= 0.6 is 11.3 Å². The first-order valence-corrected chi connectivity index (χ1v) is 14.0. The van der Waals surface area contributed by atoms with Crippen LogP contribution in [0, 0.1) is 11.8 Å². The second-order valence-corrected chi connectivity index (χ2v) is 10.6. The second-order valence-electron chi connectivity index (χ2n) is 9.73. The highest BCUT2D eigenvalue weighted by Gasteiger charge is 2.19. The van der Waals surface area contributed by atoms with Crippen LogP contribution < -0.4 is 5.73 Å². The molecule has 0 radical (unpaired) electrons. The summed E-state index contributed by atoms with van der Waals surface area (Å²) in [4.78, 5) is 12.8. The van der Waals surface area contributed by atoms with E-state index in [1.807, 2.05) is 38.3 Å². The normalized spacial score (nSPS) is 16.2. The van der Waals surface area contributed by atoms with Crippen molar-refractivity contribution in [2.75, 3.05) is 12.8 Å². The van der Waals surface area contributed by atoms with Crippen LogP contribution in [0.4, 0.5) is 5.82 Å². The van der Waals surface area contributed by atoms with E-state index in [9.17, 15) is 0 Å². The summed E-state index contributed by atoms with van der Waals surface area (Å²) in [6.07, 6.45) is 16.4. The van der Waals surface area contributed by atoms with E-state index in [4.69, 9.17) is 10.2 Å². The number of anilines is 1. The number of rotatable bonds is 5. The summed E-state index contributed by atoms with van der Waals surface area (Å²) in [5, 5.41) is 4.15. The number of aromatic nitrogens is 2. The van der Waals surface area contributed by atoms with Gasteiger partial charge in [-0.2, -0.15) is 0 Å². The van der Waals surface area contributed by atoms with Crippen molar-refractivity contribution in [1.82, 2.24) is 9.97 Å². The molecule has 5 nitrogen and oxygen atoms in total. The third kappa shape index (κ3) is 5.39. The number of thiophene rings is 1. The minimum atomic E-state index is 0.387. The Hall–Kier alpha value is -2.99. The number of hydrogen-bond donors (Lipinski definition) is 1. The number of pyridine rings is 2. The maximum atomic E-state index is 6.13. The topological polar surface area (TPSA) is 77.3 Å². The number of nitrogen functional groups attached to an aromatic ring is 1. The summed E-state index contributed by atoms with van der Waals surface area (Å²) in [6.45, 7) is 8.71. The number of allylic oxidation sites excluding steroid dienone is 2. The summed E-state index contributed by atoms with van der Waals surface area (Å²) in [6, 6.07) is 4.04. The van der Waals surface area contributed by atoms with Gasteiger partial charge < -0.3 is 10.2 Å². The predicted molar refractivity (Wildman–Crippen MR) is 156 cm³/mol. The van der Waals surface area contributed by atoms with Gasteiger partial charge in [-0.15, -0.1) is 11.3 Å². The minimum Gasteiger partial charge on any atom is -0.452 e. The highest BCUT2D eigenvalue weighted by molar-refractivity contribution is 7.17. The molecule has 4 heterocycles. The van der Waals surface area contributed by atoms with E-state index in [0.717, 1.165) is 55.5 Å². The van der Waals surface area contributed by atoms with Crippen molar-refractivity contribution < 1.29 is 4.42 Å². The first-order valence-electron chi connectivity index (χ1n) is 13.1. The lowest BCUT2D eigenvalue weighted by Crippen LogP contribution is -2.14. The Kier molecular flexibility index (Phi) is 8.57. The van der Waals surface area contributed by atoms with Crippen molar-refractivity contribution >= 4 is 49.5 Å². The third-order valence-electron chi connectivity index (χ3n) is 7.63. The number of nitrogens with zero attached hydrogens (tertiary/aromatic N) is 3. The number of hydrogen-bond acceptors (Lipinski definition) is 6. The van der Waals surface area contributed by atoms with Gasteiger partial charge in [0.05, 0.1) is 4.70 Å². The molecule has 0 aromatic carbocycles. The summed E-state index contributed by atoms with van der Waals surface area (Å²) in [7, 11) is 1.78. The van der Waals surface area contributed by atoms with Crippen molar-refractivity contribution in [3.8, 4) is 11.3 Å². The molecule has 1 fully saturated rings. The monoisotopic (exact) mass is 502 g/mol. The van der Waals surface area contributed by atoms with Crippen LogP contribution in [0.3, 0.4) is 0 Å². The van der Waals surface area contributed by atoms with Gasteiger partial charge >= 0.3 is 0 Å². The molecule has 0 aliphatic heterocycles. The van der Waals surface area contributed by atoms with E-state index in [-0.39, 0.29) is 0 Å². The highest BCUT2D eigenvalue weighted by atomic mass is 32.1. The number of furan rings is 1. The Morgan fingerprint density at radius 1 is 1.25 bits per heavy atom. The van der Waals surface area contributed by atoms with Crippen molar-refractivity contribution in [2.45, 2.75) is 66.2 Å². The van der Waals surface area contributed by atoms with Crippen molar-refractivity contribution in [3.05, 3.63) is 47.7 Å². The SMILES string of the molecule is C/C=C(\C(C)=NC)c1cnc(N)c2oc(-c3csc4cnccc34)cc12.CCC(C)C1CCCCC1. The Morgan fingerprint density at radius 2 is 2.03 bits per heavy atom. The van der Waals surface area contributed by atoms with Crippen LogP contribution in [-0.2, 0) is 0 Å². The molecule has 0 spiro atoms. The molecule has 1 unspecified atom stereocenters. The van der Waals surface area contributed by atoms with Crippen molar-refractivity contribution in [3.63, 3.8) is 0 Å². The maximum absolute atomic E-state index is 6.13. The standard InChI is InChI=1S/C20H18N4OS.C10H20/c1-4-12(11(2)22-3)15-8-24-20(21)19-14(15)7-17(25-19)16-10-26-18-9-23-6-5-13(16)18;1-3-9(2)10-7-5-4-6-8-10/h4-10H,1-3H3,(H2,21,24);9-10H,3-8H2,1-2H3/b12-4+,22-11?;. The van der Waals surface area contributed by atoms with Gasteiger partial charge in [0.15, 0.2) is 11.4 Å². The van der Waals surface area contributed by atoms with E-state index in [2.05, 4.69) is 34.2 Å². The minimum absolute atomic E-state index is 0.387. The maximum Gasteiger partial charge on any atom is 0.177 e. The zero-order valence-corrected chi connectivity index (χ0v) is 23.0. The predicted octanol–water partition coefficient (Wildman–Crippen LogP) is 8.79. The Balaban J connectivity index is 0.000000256. The summed E-state index contributed by atoms with van der Waals surface area (Å²) in [5.74, 6) is 3.22. The molecular formula is C30H38N4OS. The Morgan fingerprint density at radius 3 is 2.72 bits per heavy atom. The fourth-order valence-corrected chi connectivity index (χ4v) is 6.09. The lowest BCUT2D eigenvalue weighted by Gasteiger charge is -2.26. The van der Waals surface area contributed by atoms with Crippen molar-refractivity contribution in [2.24, 2.45) is 16.8 Å². The first kappa shape index (κ1) is 26.1. The molecule has 5 rings (SSSR count). The molecular weight excluding hydrogens is 464 g/mol. The van der Waals surface area contributed by atoms with Gasteiger partial charge in [0.2, 0.25) is 0 Å². The zero-order chi connectivity index (χ0) is 25.7. The van der Waals surface area contributed by atoms with E-state index in [0.29, 0.717) is 11.4 Å². The fourth-order valence-electron chi connectivity index (χ4n) is 5.18. The summed E-state index contributed by atoms with van der Waals surface area (Å²) < 4.78 is 7.25. The van der Waals surface area contributed by atoms with Crippen LogP contribution in [0.2, 0.25) is 0 Å². The van der Waals surface area contributed by atoms with Gasteiger partial charge in [-0.1, -0.05) is 58.4 Å². The van der Waals surface area contributed by atoms with Crippen LogP contribution in [0.15, 0.2) is 51.6 Å². The average molecular weight is 503 g/mol. The number of nitrogens with two attached hydrogens (primary N) is 1. The Labute approximate surface area is 218 Å². The molecule has 1 saturated carbocycles. The molecule has 1 aliphatic rings. The summed E-state index contributed by atoms with van der Waals surface area (Å²) >= 11 is 1.65. The quantitative estimate of drug-likeness (QED) is 0.277. The van der Waals surface area contributed by atoms with E-state index < -0.39 is 0 Å². The summed E-state index contributed by atoms with van der Waals surface area (Å²) in [5.41, 5.74) is 10.7. The molecule has 0 bridgehead atoms. The molecule has 4 aromatic heterocycles. The largest absolute Gasteiger partial charge is 0.452 e. The van der Waals surface area contributed by atoms with E-state index in [1.165, 1.54) is 38.5 Å². The van der Waals surface area contributed by atoms with Crippen molar-refractivity contribution in [1.29, 1.82) is 0 Å². The molecule has 4 aromatic rings. The molecule has 6 heteroatoms. The van der Waals surface area contributed by atoms with Crippen LogP contribution in [0.5, 0.6) is 0 Å². The van der Waals surface area contributed by atoms with Gasteiger partial charge in [-0.25, -0.2) is 4.98 Å². The van der Waals surface area contributed by atoms with Gasteiger partial charge in [0.25, 0.3) is 0 Å². The third-order valence-corrected chi connectivity index (χ3v) is 8.57. The molecule has 0 amide bonds. The highest BCUT2D eigenvalue weighted by Crippen LogP contribution is 2.39. The molecule has 2 N–H and O–H groups in total. The van der Waals surface area contributed by atoms with Gasteiger partial charge in [0, 0.05) is 64.2 Å². The van der Waals surface area contributed by atoms with Gasteiger partial charge in [-0.05, 0) is 37.8 Å². The lowest BCUT2D eigenvalue weighted by molar-refractivity contribution is 0.258. The van der Waals surface area contributed by atoms with E-state index >= 15 is 0 Å². The van der Waals surface area contributed by atoms with E-state index in [1.54, 1.807) is 30.8 Å². The smallest absolute Gasteiger partial charge is 0.177 e. The van der Waals surface area contributed by atoms with Gasteiger partial charge in [0.1, 0.15) is 5.76 Å². The Bertz CT molecular complexity index is 1370. The number of fused-ring (bicyclic) bond motifs is 2.